The highest BCUT2D eigenvalue weighted by molar-refractivity contribution is 7.87. The Balaban J connectivity index is 1.63. The molecule has 5 rings (SSSR count). The molecule has 17 heavy (non-hydrogen) atoms. The van der Waals surface area contributed by atoms with Gasteiger partial charge in [-0.05, 0) is 18.8 Å². The number of carboxylic acid groups (broad SMARTS) is 1. The van der Waals surface area contributed by atoms with Crippen molar-refractivity contribution in [3.05, 3.63) is 0 Å². The zero-order valence-corrected chi connectivity index (χ0v) is 9.72. The fourth-order valence-electron chi connectivity index (χ4n) is 4.61. The van der Waals surface area contributed by atoms with Gasteiger partial charge in [-0.2, -0.15) is 8.42 Å². The molecule has 94 valence electrons. The van der Waals surface area contributed by atoms with Crippen molar-refractivity contribution in [3.63, 3.8) is 0 Å². The number of hydrogen-bond acceptors (Lipinski definition) is 5. The maximum absolute atomic E-state index is 11.8. The molecule has 6 atom stereocenters. The van der Waals surface area contributed by atoms with Crippen LogP contribution in [0.15, 0.2) is 0 Å². The molecule has 6 nitrogen and oxygen atoms in total. The van der Waals surface area contributed by atoms with Gasteiger partial charge in [0.2, 0.25) is 0 Å². The van der Waals surface area contributed by atoms with Gasteiger partial charge >= 0.3 is 5.97 Å². The normalized spacial score (nSPS) is 55.9. The molecule has 2 bridgehead atoms. The lowest BCUT2D eigenvalue weighted by Crippen LogP contribution is -2.71. The van der Waals surface area contributed by atoms with E-state index in [0.717, 1.165) is 6.42 Å². The monoisotopic (exact) mass is 260 g/mol. The van der Waals surface area contributed by atoms with Gasteiger partial charge in [0, 0.05) is 11.3 Å². The van der Waals surface area contributed by atoms with Gasteiger partial charge in [0.25, 0.3) is 10.1 Å². The van der Waals surface area contributed by atoms with Gasteiger partial charge in [-0.15, -0.1) is 0 Å². The second kappa shape index (κ2) is 2.67. The van der Waals surface area contributed by atoms with Crippen LogP contribution >= 0.6 is 0 Å². The van der Waals surface area contributed by atoms with Crippen LogP contribution in [0.5, 0.6) is 0 Å². The highest BCUT2D eigenvalue weighted by Gasteiger charge is 2.86. The van der Waals surface area contributed by atoms with Crippen molar-refractivity contribution >= 4 is 16.1 Å². The summed E-state index contributed by atoms with van der Waals surface area (Å²) in [5.41, 5.74) is -0.229. The van der Waals surface area contributed by atoms with E-state index >= 15 is 0 Å². The van der Waals surface area contributed by atoms with Crippen LogP contribution < -0.4 is 0 Å². The lowest BCUT2D eigenvalue weighted by molar-refractivity contribution is -0.258. The molecule has 1 saturated heterocycles. The minimum Gasteiger partial charge on any atom is -0.480 e. The summed E-state index contributed by atoms with van der Waals surface area (Å²) >= 11 is 0. The summed E-state index contributed by atoms with van der Waals surface area (Å²) in [6, 6.07) is 0. The molecule has 5 fully saturated rings. The lowest BCUT2D eigenvalue weighted by atomic mass is 9.44. The summed E-state index contributed by atoms with van der Waals surface area (Å²) in [5, 5.41) is 8.22. The van der Waals surface area contributed by atoms with Gasteiger partial charge in [0.05, 0.1) is 11.4 Å². The Morgan fingerprint density at radius 3 is 3.00 bits per heavy atom. The Morgan fingerprint density at radius 2 is 2.29 bits per heavy atom. The highest BCUT2D eigenvalue weighted by atomic mass is 32.2. The average Bonchev–Trinajstić information content (AvgIpc) is 2.78. The Hall–Kier alpha value is -0.660. The van der Waals surface area contributed by atoms with Crippen LogP contribution in [-0.2, 0) is 23.8 Å². The molecular weight excluding hydrogens is 248 g/mol. The Bertz CT molecular complexity index is 513. The quantitative estimate of drug-likeness (QED) is 0.694. The maximum Gasteiger partial charge on any atom is 0.329 e. The minimum atomic E-state index is -3.45. The van der Waals surface area contributed by atoms with Crippen LogP contribution in [0.4, 0.5) is 0 Å². The first-order chi connectivity index (χ1) is 7.97. The van der Waals surface area contributed by atoms with Crippen molar-refractivity contribution in [2.24, 2.45) is 17.3 Å². The summed E-state index contributed by atoms with van der Waals surface area (Å²) in [5.74, 6) is -0.446. The molecule has 0 aromatic carbocycles. The third-order valence-corrected chi connectivity index (χ3v) is 6.83. The second-order valence-electron chi connectivity index (χ2n) is 5.51. The number of ether oxygens (including phenoxy) is 1. The molecule has 1 N–H and O–H groups in total. The van der Waals surface area contributed by atoms with Crippen molar-refractivity contribution in [1.29, 1.82) is 0 Å². The van der Waals surface area contributed by atoms with Crippen molar-refractivity contribution in [1.82, 2.24) is 0 Å². The van der Waals surface area contributed by atoms with E-state index in [4.69, 9.17) is 14.0 Å². The van der Waals surface area contributed by atoms with Gasteiger partial charge in [0.15, 0.2) is 0 Å². The number of carboxylic acids is 1. The average molecular weight is 260 g/mol. The molecule has 5 aliphatic rings. The maximum atomic E-state index is 11.8. The summed E-state index contributed by atoms with van der Waals surface area (Å²) in [7, 11) is -3.45. The molecule has 1 spiro atoms. The first-order valence-corrected chi connectivity index (χ1v) is 7.19. The molecule has 0 amide bonds. The number of carbonyl (C=O) groups is 1. The van der Waals surface area contributed by atoms with E-state index in [1.54, 1.807) is 0 Å². The molecular formula is C10H12O6S. The summed E-state index contributed by atoms with van der Waals surface area (Å²) in [4.78, 5) is 10.5. The van der Waals surface area contributed by atoms with Gasteiger partial charge in [-0.25, -0.2) is 4.79 Å². The van der Waals surface area contributed by atoms with Crippen LogP contribution in [0.2, 0.25) is 0 Å². The van der Waals surface area contributed by atoms with Gasteiger partial charge in [-0.1, -0.05) is 0 Å². The molecule has 4 aliphatic carbocycles. The van der Waals surface area contributed by atoms with Gasteiger partial charge in [0.1, 0.15) is 12.7 Å². The second-order valence-corrected chi connectivity index (χ2v) is 7.25. The Morgan fingerprint density at radius 1 is 1.53 bits per heavy atom. The van der Waals surface area contributed by atoms with E-state index < -0.39 is 22.2 Å². The third-order valence-electron chi connectivity index (χ3n) is 5.03. The van der Waals surface area contributed by atoms with Crippen molar-refractivity contribution in [2.75, 3.05) is 6.61 Å². The topological polar surface area (TPSA) is 89.9 Å². The van der Waals surface area contributed by atoms with Crippen LogP contribution in [0.3, 0.4) is 0 Å². The van der Waals surface area contributed by atoms with E-state index in [2.05, 4.69) is 0 Å². The van der Waals surface area contributed by atoms with Crippen molar-refractivity contribution < 1.29 is 27.2 Å². The van der Waals surface area contributed by atoms with E-state index in [9.17, 15) is 13.2 Å². The molecule has 7 heteroatoms. The van der Waals surface area contributed by atoms with Gasteiger partial charge < -0.3 is 9.84 Å². The van der Waals surface area contributed by atoms with Crippen LogP contribution in [0, 0.1) is 17.3 Å². The first kappa shape index (κ1) is 10.3. The van der Waals surface area contributed by atoms with Crippen LogP contribution in [0.25, 0.3) is 0 Å². The van der Waals surface area contributed by atoms with Crippen LogP contribution in [0.1, 0.15) is 12.8 Å². The highest BCUT2D eigenvalue weighted by Crippen LogP contribution is 2.79. The van der Waals surface area contributed by atoms with Crippen molar-refractivity contribution in [2.45, 2.75) is 30.3 Å². The zero-order valence-electron chi connectivity index (χ0n) is 8.90. The predicted molar refractivity (Wildman–Crippen MR) is 53.6 cm³/mol. The van der Waals surface area contributed by atoms with E-state index in [-0.39, 0.29) is 29.3 Å². The standard InChI is InChI=1S/C10H12O6S/c11-6(12)3-15-8-7-4-1-5-10(7,2-4)9(8)16-17(5,13)14/h4-5,7-9H,1-3H2,(H,11,12). The molecule has 0 radical (unpaired) electrons. The Kier molecular flexibility index (Phi) is 1.62. The van der Waals surface area contributed by atoms with Crippen LogP contribution in [-0.4, -0.2) is 43.6 Å². The number of rotatable bonds is 3. The number of aliphatic carboxylic acids is 1. The van der Waals surface area contributed by atoms with Gasteiger partial charge in [-0.3, -0.25) is 4.18 Å². The van der Waals surface area contributed by atoms with Crippen molar-refractivity contribution in [3.8, 4) is 0 Å². The molecule has 6 unspecified atom stereocenters. The summed E-state index contributed by atoms with van der Waals surface area (Å²) in [6.07, 6.45) is 0.794. The number of hydrogen-bond donors (Lipinski definition) is 1. The molecule has 1 heterocycles. The van der Waals surface area contributed by atoms with E-state index in [1.807, 2.05) is 0 Å². The minimum absolute atomic E-state index is 0.203. The van der Waals surface area contributed by atoms with E-state index in [0.29, 0.717) is 12.3 Å². The zero-order chi connectivity index (χ0) is 12.0. The lowest BCUT2D eigenvalue weighted by Gasteiger charge is -2.63. The smallest absolute Gasteiger partial charge is 0.329 e. The molecule has 0 aromatic heterocycles. The first-order valence-electron chi connectivity index (χ1n) is 5.72. The summed E-state index contributed by atoms with van der Waals surface area (Å²) < 4.78 is 34.0. The molecule has 0 aromatic rings. The fourth-order valence-corrected chi connectivity index (χ4v) is 6.73. The molecule has 1 aliphatic heterocycles. The summed E-state index contributed by atoms with van der Waals surface area (Å²) in [6.45, 7) is -0.380. The SMILES string of the molecule is O=C(O)COC1C2OS(=O)(=O)C3CC4CC23C41. The fraction of sp³-hybridized carbons (Fsp3) is 0.900. The predicted octanol–water partition coefficient (Wildman–Crippen LogP) is -0.407. The third kappa shape index (κ3) is 0.924. The molecule has 4 saturated carbocycles. The Labute approximate surface area is 98.0 Å². The largest absolute Gasteiger partial charge is 0.480 e. The van der Waals surface area contributed by atoms with E-state index in [1.165, 1.54) is 0 Å².